The SMILES string of the molecule is CCCc1c2oc(C(=O)O)cc(=O)c2cc2c(=O)cc(-c3ccc(C(=O)O)cc3)oc12. The molecule has 2 aromatic carbocycles. The normalized spacial score (nSPS) is 11.1. The van der Waals surface area contributed by atoms with Crippen molar-refractivity contribution in [3.05, 3.63) is 79.8 Å². The number of benzene rings is 2. The van der Waals surface area contributed by atoms with Crippen LogP contribution in [0.2, 0.25) is 0 Å². The van der Waals surface area contributed by atoms with E-state index in [-0.39, 0.29) is 38.7 Å². The monoisotopic (exact) mass is 420 g/mol. The molecule has 2 heterocycles. The van der Waals surface area contributed by atoms with E-state index in [1.165, 1.54) is 36.4 Å². The number of carboxylic acids is 2. The summed E-state index contributed by atoms with van der Waals surface area (Å²) in [5.41, 5.74) is 0.326. The summed E-state index contributed by atoms with van der Waals surface area (Å²) >= 11 is 0. The molecule has 8 nitrogen and oxygen atoms in total. The third kappa shape index (κ3) is 3.48. The molecule has 0 fully saturated rings. The first-order valence-corrected chi connectivity index (χ1v) is 9.44. The molecular formula is C23H16O8. The van der Waals surface area contributed by atoms with Crippen molar-refractivity contribution in [2.24, 2.45) is 0 Å². The summed E-state index contributed by atoms with van der Waals surface area (Å²) in [6, 6.07) is 9.35. The molecular weight excluding hydrogens is 404 g/mol. The van der Waals surface area contributed by atoms with Crippen molar-refractivity contribution < 1.29 is 28.6 Å². The summed E-state index contributed by atoms with van der Waals surface area (Å²) in [5, 5.41) is 18.6. The molecule has 0 amide bonds. The Morgan fingerprint density at radius 1 is 0.839 bits per heavy atom. The standard InChI is InChI=1S/C23H16O8/c1-2-3-13-20-14(8-15-17(25)10-19(23(28)29)31-21(13)15)16(24)9-18(30-20)11-4-6-12(7-5-11)22(26)27/h4-10H,2-3H2,1H3,(H,26,27)(H,28,29). The number of aromatic carboxylic acids is 2. The average molecular weight is 420 g/mol. The van der Waals surface area contributed by atoms with E-state index in [0.717, 1.165) is 6.07 Å². The van der Waals surface area contributed by atoms with Crippen LogP contribution >= 0.6 is 0 Å². The molecule has 2 aromatic heterocycles. The lowest BCUT2D eigenvalue weighted by Gasteiger charge is -2.11. The molecule has 2 N–H and O–H groups in total. The third-order valence-electron chi connectivity index (χ3n) is 4.93. The van der Waals surface area contributed by atoms with Crippen molar-refractivity contribution >= 4 is 33.9 Å². The molecule has 0 radical (unpaired) electrons. The molecule has 0 spiro atoms. The number of carbonyl (C=O) groups is 2. The van der Waals surface area contributed by atoms with Crippen LogP contribution in [0.3, 0.4) is 0 Å². The van der Waals surface area contributed by atoms with Crippen LogP contribution in [0.1, 0.15) is 39.8 Å². The lowest BCUT2D eigenvalue weighted by atomic mass is 10.0. The molecule has 4 aromatic rings. The summed E-state index contributed by atoms with van der Waals surface area (Å²) in [6.45, 7) is 1.89. The minimum absolute atomic E-state index is 0.0702. The first-order chi connectivity index (χ1) is 14.8. The van der Waals surface area contributed by atoms with Gasteiger partial charge in [-0.3, -0.25) is 9.59 Å². The summed E-state index contributed by atoms with van der Waals surface area (Å²) in [7, 11) is 0. The maximum absolute atomic E-state index is 12.9. The second kappa shape index (κ2) is 7.56. The highest BCUT2D eigenvalue weighted by Gasteiger charge is 2.20. The van der Waals surface area contributed by atoms with Gasteiger partial charge in [-0.1, -0.05) is 25.5 Å². The van der Waals surface area contributed by atoms with Crippen LogP contribution in [-0.2, 0) is 6.42 Å². The van der Waals surface area contributed by atoms with Crippen molar-refractivity contribution in [3.63, 3.8) is 0 Å². The molecule has 0 aliphatic heterocycles. The van der Waals surface area contributed by atoms with Crippen LogP contribution in [0.25, 0.3) is 33.3 Å². The quantitative estimate of drug-likeness (QED) is 0.464. The molecule has 156 valence electrons. The Kier molecular flexibility index (Phi) is 4.90. The van der Waals surface area contributed by atoms with Crippen LogP contribution in [0.15, 0.2) is 60.9 Å². The van der Waals surface area contributed by atoms with Gasteiger partial charge in [0.05, 0.1) is 16.3 Å². The molecule has 0 atom stereocenters. The lowest BCUT2D eigenvalue weighted by molar-refractivity contribution is 0.0660. The number of hydrogen-bond acceptors (Lipinski definition) is 6. The molecule has 8 heteroatoms. The van der Waals surface area contributed by atoms with Gasteiger partial charge in [0.2, 0.25) is 5.76 Å². The number of aryl methyl sites for hydroxylation is 1. The fourth-order valence-electron chi connectivity index (χ4n) is 3.48. The Morgan fingerprint density at radius 3 is 2.03 bits per heavy atom. The van der Waals surface area contributed by atoms with E-state index in [0.29, 0.717) is 24.0 Å². The van der Waals surface area contributed by atoms with Gasteiger partial charge in [-0.05, 0) is 24.6 Å². The van der Waals surface area contributed by atoms with Crippen LogP contribution in [0.5, 0.6) is 0 Å². The van der Waals surface area contributed by atoms with E-state index in [1.54, 1.807) is 0 Å². The van der Waals surface area contributed by atoms with Crippen molar-refractivity contribution in [2.45, 2.75) is 19.8 Å². The van der Waals surface area contributed by atoms with Crippen LogP contribution < -0.4 is 10.9 Å². The van der Waals surface area contributed by atoms with Gasteiger partial charge in [0.15, 0.2) is 10.9 Å². The molecule has 4 rings (SSSR count). The van der Waals surface area contributed by atoms with Crippen molar-refractivity contribution in [3.8, 4) is 11.3 Å². The van der Waals surface area contributed by atoms with Gasteiger partial charge < -0.3 is 19.0 Å². The van der Waals surface area contributed by atoms with E-state index in [9.17, 15) is 24.3 Å². The zero-order valence-corrected chi connectivity index (χ0v) is 16.3. The highest BCUT2D eigenvalue weighted by Crippen LogP contribution is 2.30. The molecule has 0 saturated carbocycles. The van der Waals surface area contributed by atoms with Crippen molar-refractivity contribution in [2.75, 3.05) is 0 Å². The summed E-state index contributed by atoms with van der Waals surface area (Å²) in [6.07, 6.45) is 1.00. The van der Waals surface area contributed by atoms with Gasteiger partial charge in [0, 0.05) is 23.3 Å². The molecule has 0 saturated heterocycles. The Morgan fingerprint density at radius 2 is 1.45 bits per heavy atom. The predicted octanol–water partition coefficient (Wildman–Crippen LogP) is 3.92. The topological polar surface area (TPSA) is 135 Å². The van der Waals surface area contributed by atoms with Gasteiger partial charge in [0.1, 0.15) is 16.9 Å². The number of fused-ring (bicyclic) bond motifs is 2. The van der Waals surface area contributed by atoms with E-state index >= 15 is 0 Å². The average Bonchev–Trinajstić information content (AvgIpc) is 2.74. The molecule has 0 aliphatic carbocycles. The second-order valence-electron chi connectivity index (χ2n) is 7.00. The predicted molar refractivity (Wildman–Crippen MR) is 112 cm³/mol. The second-order valence-corrected chi connectivity index (χ2v) is 7.00. The Labute approximate surface area is 174 Å². The van der Waals surface area contributed by atoms with Gasteiger partial charge >= 0.3 is 11.9 Å². The maximum atomic E-state index is 12.9. The Hall–Kier alpha value is -4.20. The first-order valence-electron chi connectivity index (χ1n) is 9.44. The molecule has 0 aliphatic rings. The first kappa shape index (κ1) is 20.1. The number of hydrogen-bond donors (Lipinski definition) is 2. The third-order valence-corrected chi connectivity index (χ3v) is 4.93. The summed E-state index contributed by atoms with van der Waals surface area (Å²) < 4.78 is 11.5. The lowest BCUT2D eigenvalue weighted by Crippen LogP contribution is -2.10. The highest BCUT2D eigenvalue weighted by atomic mass is 16.4. The Bertz CT molecular complexity index is 1470. The van der Waals surface area contributed by atoms with Gasteiger partial charge in [-0.15, -0.1) is 0 Å². The van der Waals surface area contributed by atoms with Crippen molar-refractivity contribution in [1.82, 2.24) is 0 Å². The van der Waals surface area contributed by atoms with Gasteiger partial charge in [-0.25, -0.2) is 9.59 Å². The van der Waals surface area contributed by atoms with Crippen LogP contribution in [0, 0.1) is 0 Å². The number of rotatable bonds is 5. The van der Waals surface area contributed by atoms with Gasteiger partial charge in [-0.2, -0.15) is 0 Å². The van der Waals surface area contributed by atoms with E-state index in [4.69, 9.17) is 13.9 Å². The van der Waals surface area contributed by atoms with E-state index < -0.39 is 23.1 Å². The smallest absolute Gasteiger partial charge is 0.371 e. The van der Waals surface area contributed by atoms with Gasteiger partial charge in [0.25, 0.3) is 0 Å². The zero-order chi connectivity index (χ0) is 22.3. The van der Waals surface area contributed by atoms with Crippen LogP contribution in [-0.4, -0.2) is 22.2 Å². The van der Waals surface area contributed by atoms with E-state index in [2.05, 4.69) is 0 Å². The maximum Gasteiger partial charge on any atom is 0.371 e. The minimum atomic E-state index is -1.38. The van der Waals surface area contributed by atoms with Crippen LogP contribution in [0.4, 0.5) is 0 Å². The summed E-state index contributed by atoms with van der Waals surface area (Å²) in [5.74, 6) is -2.75. The molecule has 31 heavy (non-hydrogen) atoms. The number of carboxylic acid groups (broad SMARTS) is 2. The van der Waals surface area contributed by atoms with E-state index in [1.807, 2.05) is 6.92 Å². The molecule has 0 bridgehead atoms. The summed E-state index contributed by atoms with van der Waals surface area (Å²) in [4.78, 5) is 47.8. The molecule has 0 unspecified atom stereocenters. The Balaban J connectivity index is 2.06. The zero-order valence-electron chi connectivity index (χ0n) is 16.3. The van der Waals surface area contributed by atoms with Crippen molar-refractivity contribution in [1.29, 1.82) is 0 Å². The minimum Gasteiger partial charge on any atom is -0.478 e. The fraction of sp³-hybridized carbons (Fsp3) is 0.130. The largest absolute Gasteiger partial charge is 0.478 e. The highest BCUT2D eigenvalue weighted by molar-refractivity contribution is 5.98. The fourth-order valence-corrected chi connectivity index (χ4v) is 3.48.